The van der Waals surface area contributed by atoms with Gasteiger partial charge in [0.25, 0.3) is 0 Å². The average molecular weight is 552 g/mol. The van der Waals surface area contributed by atoms with E-state index < -0.39 is 23.0 Å². The zero-order valence-electron chi connectivity index (χ0n) is 21.8. The van der Waals surface area contributed by atoms with Gasteiger partial charge in [-0.2, -0.15) is 13.2 Å². The van der Waals surface area contributed by atoms with Crippen molar-refractivity contribution in [1.82, 2.24) is 14.7 Å². The van der Waals surface area contributed by atoms with Crippen molar-refractivity contribution in [3.8, 4) is 0 Å². The normalized spacial score (nSPS) is 23.9. The van der Waals surface area contributed by atoms with E-state index in [9.17, 15) is 22.4 Å². The van der Waals surface area contributed by atoms with Gasteiger partial charge in [-0.15, -0.1) is 0 Å². The molecule has 5 rings (SSSR count). The number of hydrogen-bond donors (Lipinski definition) is 0. The largest absolute Gasteiger partial charge is 0.416 e. The van der Waals surface area contributed by atoms with Gasteiger partial charge in [-0.3, -0.25) is 14.6 Å². The number of piperidine rings is 1. The molecule has 206 valence electrons. The highest BCUT2D eigenvalue weighted by molar-refractivity contribution is 6.30. The van der Waals surface area contributed by atoms with Crippen LogP contribution < -0.4 is 0 Å². The third-order valence-electron chi connectivity index (χ3n) is 8.95. The molecule has 0 unspecified atom stereocenters. The number of nitrogens with zero attached hydrogens (tertiary/aromatic N) is 3. The number of alkyl halides is 3. The Hall–Kier alpha value is -2.16. The van der Waals surface area contributed by atoms with Gasteiger partial charge in [0.05, 0.1) is 16.0 Å². The molecule has 1 atom stereocenters. The number of halogens is 5. The molecule has 1 aliphatic carbocycles. The topological polar surface area (TPSA) is 26.8 Å². The fourth-order valence-electron chi connectivity index (χ4n) is 6.11. The number of likely N-dealkylation sites (tertiary alicyclic amines) is 1. The molecule has 3 aliphatic rings. The van der Waals surface area contributed by atoms with Gasteiger partial charge in [0.15, 0.2) is 0 Å². The van der Waals surface area contributed by atoms with Crippen molar-refractivity contribution in [3.05, 3.63) is 70.0 Å². The van der Waals surface area contributed by atoms with E-state index in [1.54, 1.807) is 24.3 Å². The summed E-state index contributed by atoms with van der Waals surface area (Å²) in [6.45, 7) is 9.05. The first-order valence-corrected chi connectivity index (χ1v) is 13.7. The molecular formula is C29H34ClF4N3O. The lowest BCUT2D eigenvalue weighted by atomic mass is 9.85. The lowest BCUT2D eigenvalue weighted by Gasteiger charge is -2.52. The minimum atomic E-state index is -4.32. The Balaban J connectivity index is 1.16. The van der Waals surface area contributed by atoms with Crippen LogP contribution in [0.5, 0.6) is 0 Å². The van der Waals surface area contributed by atoms with Crippen LogP contribution in [0, 0.1) is 5.82 Å². The van der Waals surface area contributed by atoms with Crippen LogP contribution in [0.2, 0.25) is 5.02 Å². The van der Waals surface area contributed by atoms with Crippen molar-refractivity contribution < 1.29 is 22.4 Å². The van der Waals surface area contributed by atoms with Gasteiger partial charge in [0.1, 0.15) is 5.82 Å². The van der Waals surface area contributed by atoms with Gasteiger partial charge in [-0.05, 0) is 74.9 Å². The molecule has 3 fully saturated rings. The number of rotatable bonds is 5. The molecule has 2 saturated heterocycles. The van der Waals surface area contributed by atoms with E-state index in [2.05, 4.69) is 23.6 Å². The summed E-state index contributed by atoms with van der Waals surface area (Å²) in [5, 5.41) is 0.0550. The summed E-state index contributed by atoms with van der Waals surface area (Å²) in [5.41, 5.74) is 0.490. The number of benzene rings is 2. The zero-order valence-corrected chi connectivity index (χ0v) is 22.6. The number of piperazine rings is 1. The fraction of sp³-hybridized carbons (Fsp3) is 0.552. The first kappa shape index (κ1) is 27.4. The standard InChI is InChI=1S/C29H34ClF4N3O/c1-20-18-37(16-15-36(20)19-21-3-5-22(6-4-21)29(32,33)34)27(2)11-13-35(14-12-27)26(38)28(9-10-28)23-7-8-25(31)24(30)17-23/h3-8,17,20H,9-16,18-19H2,1-2H3/t20-/m0/s1. The highest BCUT2D eigenvalue weighted by Gasteiger charge is 2.54. The summed E-state index contributed by atoms with van der Waals surface area (Å²) in [4.78, 5) is 20.3. The van der Waals surface area contributed by atoms with Gasteiger partial charge in [0, 0.05) is 50.8 Å². The van der Waals surface area contributed by atoms with Crippen LogP contribution in [0.25, 0.3) is 0 Å². The smallest absolute Gasteiger partial charge is 0.342 e. The van der Waals surface area contributed by atoms with Gasteiger partial charge < -0.3 is 4.90 Å². The Morgan fingerprint density at radius 2 is 1.66 bits per heavy atom. The first-order chi connectivity index (χ1) is 17.9. The molecule has 0 radical (unpaired) electrons. The van der Waals surface area contributed by atoms with Gasteiger partial charge in [-0.1, -0.05) is 29.8 Å². The second kappa shape index (κ2) is 10.1. The van der Waals surface area contributed by atoms with E-state index in [0.29, 0.717) is 19.6 Å². The third kappa shape index (κ3) is 5.32. The maximum absolute atomic E-state index is 13.7. The minimum Gasteiger partial charge on any atom is -0.342 e. The molecule has 0 N–H and O–H groups in total. The summed E-state index contributed by atoms with van der Waals surface area (Å²) in [6.07, 6.45) is -1.03. The minimum absolute atomic E-state index is 0.0125. The van der Waals surface area contributed by atoms with Crippen molar-refractivity contribution in [1.29, 1.82) is 0 Å². The molecule has 2 aliphatic heterocycles. The first-order valence-electron chi connectivity index (χ1n) is 13.3. The van der Waals surface area contributed by atoms with E-state index in [-0.39, 0.29) is 22.5 Å². The molecule has 38 heavy (non-hydrogen) atoms. The average Bonchev–Trinajstić information content (AvgIpc) is 3.69. The molecule has 0 aromatic heterocycles. The molecule has 9 heteroatoms. The highest BCUT2D eigenvalue weighted by atomic mass is 35.5. The van der Waals surface area contributed by atoms with Crippen molar-refractivity contribution in [3.63, 3.8) is 0 Å². The third-order valence-corrected chi connectivity index (χ3v) is 9.24. The van der Waals surface area contributed by atoms with Crippen molar-refractivity contribution in [2.45, 2.75) is 69.2 Å². The summed E-state index contributed by atoms with van der Waals surface area (Å²) >= 11 is 6.00. The lowest BCUT2D eigenvalue weighted by Crippen LogP contribution is -2.62. The molecule has 1 saturated carbocycles. The summed E-state index contributed by atoms with van der Waals surface area (Å²) in [5.74, 6) is -0.349. The van der Waals surface area contributed by atoms with E-state index in [0.717, 1.165) is 68.6 Å². The van der Waals surface area contributed by atoms with Crippen molar-refractivity contribution >= 4 is 17.5 Å². The number of carbonyl (C=O) groups excluding carboxylic acids is 1. The number of carbonyl (C=O) groups is 1. The molecule has 2 heterocycles. The maximum atomic E-state index is 13.7. The van der Waals surface area contributed by atoms with Gasteiger partial charge in [-0.25, -0.2) is 4.39 Å². The highest BCUT2D eigenvalue weighted by Crippen LogP contribution is 2.51. The Morgan fingerprint density at radius 3 is 2.21 bits per heavy atom. The molecule has 1 amide bonds. The Labute approximate surface area is 226 Å². The fourth-order valence-corrected chi connectivity index (χ4v) is 6.29. The van der Waals surface area contributed by atoms with Crippen LogP contribution in [0.3, 0.4) is 0 Å². The Bertz CT molecular complexity index is 1170. The monoisotopic (exact) mass is 551 g/mol. The predicted molar refractivity (Wildman–Crippen MR) is 139 cm³/mol. The Morgan fingerprint density at radius 1 is 1.00 bits per heavy atom. The van der Waals surface area contributed by atoms with E-state index in [1.165, 1.54) is 6.07 Å². The van der Waals surface area contributed by atoms with E-state index in [4.69, 9.17) is 11.6 Å². The summed E-state index contributed by atoms with van der Waals surface area (Å²) in [7, 11) is 0. The molecule has 2 aromatic rings. The van der Waals surface area contributed by atoms with Crippen LogP contribution in [0.4, 0.5) is 17.6 Å². The molecule has 0 spiro atoms. The van der Waals surface area contributed by atoms with Crippen LogP contribution >= 0.6 is 11.6 Å². The SMILES string of the molecule is C[C@H]1CN(C2(C)CCN(C(=O)C3(c4ccc(F)c(Cl)c4)CC3)CC2)CCN1Cc1ccc(C(F)(F)F)cc1. The maximum Gasteiger partial charge on any atom is 0.416 e. The predicted octanol–water partition coefficient (Wildman–Crippen LogP) is 6.12. The van der Waals surface area contributed by atoms with E-state index in [1.807, 2.05) is 4.90 Å². The summed E-state index contributed by atoms with van der Waals surface area (Å²) < 4.78 is 52.3. The molecular weight excluding hydrogens is 518 g/mol. The molecule has 4 nitrogen and oxygen atoms in total. The molecule has 0 bridgehead atoms. The van der Waals surface area contributed by atoms with Crippen LogP contribution in [0.1, 0.15) is 56.2 Å². The summed E-state index contributed by atoms with van der Waals surface area (Å²) in [6, 6.07) is 10.3. The molecule has 2 aromatic carbocycles. The second-order valence-corrected chi connectivity index (χ2v) is 11.9. The van der Waals surface area contributed by atoms with Crippen LogP contribution in [0.15, 0.2) is 42.5 Å². The van der Waals surface area contributed by atoms with Crippen molar-refractivity contribution in [2.75, 3.05) is 32.7 Å². The lowest BCUT2D eigenvalue weighted by molar-refractivity contribution is -0.138. The van der Waals surface area contributed by atoms with Gasteiger partial charge >= 0.3 is 6.18 Å². The second-order valence-electron chi connectivity index (χ2n) is 11.5. The van der Waals surface area contributed by atoms with Gasteiger partial charge in [0.2, 0.25) is 5.91 Å². The van der Waals surface area contributed by atoms with E-state index >= 15 is 0 Å². The number of hydrogen-bond acceptors (Lipinski definition) is 3. The number of amides is 1. The zero-order chi connectivity index (χ0) is 27.3. The van der Waals surface area contributed by atoms with Crippen LogP contribution in [-0.2, 0) is 22.9 Å². The Kier molecular flexibility index (Phi) is 7.29. The van der Waals surface area contributed by atoms with Crippen molar-refractivity contribution in [2.24, 2.45) is 0 Å². The quantitative estimate of drug-likeness (QED) is 0.419. The van der Waals surface area contributed by atoms with Crippen LogP contribution in [-0.4, -0.2) is 64.9 Å².